The van der Waals surface area contributed by atoms with Crippen LogP contribution in [0.4, 0.5) is 5.82 Å². The molecule has 3 aromatic rings. The molecule has 0 spiro atoms. The van der Waals surface area contributed by atoms with Gasteiger partial charge in [-0.05, 0) is 60.5 Å². The van der Waals surface area contributed by atoms with E-state index in [1.54, 1.807) is 28.2 Å². The number of pyridine rings is 1. The van der Waals surface area contributed by atoms with Gasteiger partial charge in [-0.25, -0.2) is 4.98 Å². The summed E-state index contributed by atoms with van der Waals surface area (Å²) in [5, 5.41) is 3.06. The van der Waals surface area contributed by atoms with Gasteiger partial charge in [0.25, 0.3) is 0 Å². The number of ether oxygens (including phenoxy) is 2. The molecule has 1 N–H and O–H groups in total. The minimum Gasteiger partial charge on any atom is -0.497 e. The third-order valence-corrected chi connectivity index (χ3v) is 4.40. The molecular formula is C22H22N2O3. The number of methoxy groups -OCH3 is 2. The monoisotopic (exact) mass is 362 g/mol. The first-order valence-electron chi connectivity index (χ1n) is 8.60. The summed E-state index contributed by atoms with van der Waals surface area (Å²) in [6.07, 6.45) is 0. The van der Waals surface area contributed by atoms with Crippen molar-refractivity contribution in [2.24, 2.45) is 0 Å². The zero-order valence-corrected chi connectivity index (χ0v) is 15.9. The van der Waals surface area contributed by atoms with Crippen LogP contribution in [-0.4, -0.2) is 32.0 Å². The summed E-state index contributed by atoms with van der Waals surface area (Å²) in [6.45, 7) is 1.55. The second-order valence-corrected chi connectivity index (χ2v) is 6.04. The Morgan fingerprint density at radius 1 is 0.889 bits per heavy atom. The molecule has 0 bridgehead atoms. The lowest BCUT2D eigenvalue weighted by atomic mass is 9.95. The Balaban J connectivity index is 2.20. The fourth-order valence-corrected chi connectivity index (χ4v) is 2.99. The van der Waals surface area contributed by atoms with Gasteiger partial charge in [-0.3, -0.25) is 4.79 Å². The highest BCUT2D eigenvalue weighted by molar-refractivity contribution is 6.05. The number of anilines is 1. The standard InChI is InChI=1S/C22H22N2O3/c1-14(25)21-19(15-5-9-17(26-3)10-6-15)13-20(24-22(21)23-2)16-7-11-18(27-4)12-8-16/h5-13H,1-4H3,(H,23,24). The van der Waals surface area contributed by atoms with Gasteiger partial charge in [0.2, 0.25) is 0 Å². The highest BCUT2D eigenvalue weighted by atomic mass is 16.5. The highest BCUT2D eigenvalue weighted by Gasteiger charge is 2.18. The summed E-state index contributed by atoms with van der Waals surface area (Å²) in [5.74, 6) is 2.06. The Morgan fingerprint density at radius 3 is 1.85 bits per heavy atom. The lowest BCUT2D eigenvalue weighted by molar-refractivity contribution is 0.101. The minimum atomic E-state index is -0.0426. The Hall–Kier alpha value is -3.34. The number of aromatic nitrogens is 1. The van der Waals surface area contributed by atoms with Crippen LogP contribution in [0.15, 0.2) is 54.6 Å². The van der Waals surface area contributed by atoms with E-state index in [1.807, 2.05) is 54.6 Å². The summed E-state index contributed by atoms with van der Waals surface area (Å²) in [5.41, 5.74) is 4.04. The molecule has 0 fully saturated rings. The molecule has 5 nitrogen and oxygen atoms in total. The van der Waals surface area contributed by atoms with Gasteiger partial charge in [0.1, 0.15) is 17.3 Å². The quantitative estimate of drug-likeness (QED) is 0.645. The molecule has 0 aliphatic rings. The SMILES string of the molecule is CNc1nc(-c2ccc(OC)cc2)cc(-c2ccc(OC)cc2)c1C(C)=O. The number of nitrogens with zero attached hydrogens (tertiary/aromatic N) is 1. The largest absolute Gasteiger partial charge is 0.497 e. The maximum Gasteiger partial charge on any atom is 0.164 e. The van der Waals surface area contributed by atoms with E-state index < -0.39 is 0 Å². The van der Waals surface area contributed by atoms with E-state index in [2.05, 4.69) is 10.3 Å². The van der Waals surface area contributed by atoms with Gasteiger partial charge in [-0.2, -0.15) is 0 Å². The molecule has 0 aliphatic heterocycles. The maximum atomic E-state index is 12.4. The van der Waals surface area contributed by atoms with Gasteiger partial charge in [0.05, 0.1) is 25.5 Å². The van der Waals surface area contributed by atoms with E-state index in [0.29, 0.717) is 11.4 Å². The lowest BCUT2D eigenvalue weighted by Crippen LogP contribution is -2.06. The first-order valence-corrected chi connectivity index (χ1v) is 8.60. The molecule has 0 aliphatic carbocycles. The summed E-state index contributed by atoms with van der Waals surface area (Å²) >= 11 is 0. The van der Waals surface area contributed by atoms with Gasteiger partial charge in [-0.1, -0.05) is 12.1 Å². The summed E-state index contributed by atoms with van der Waals surface area (Å²) < 4.78 is 10.5. The van der Waals surface area contributed by atoms with Crippen LogP contribution in [-0.2, 0) is 0 Å². The van der Waals surface area contributed by atoms with Crippen molar-refractivity contribution in [1.29, 1.82) is 0 Å². The van der Waals surface area contributed by atoms with E-state index in [1.165, 1.54) is 0 Å². The number of ketones is 1. The molecule has 1 aromatic heterocycles. The van der Waals surface area contributed by atoms with Gasteiger partial charge >= 0.3 is 0 Å². The maximum absolute atomic E-state index is 12.4. The number of benzene rings is 2. The number of hydrogen-bond donors (Lipinski definition) is 1. The fourth-order valence-electron chi connectivity index (χ4n) is 2.99. The molecule has 0 amide bonds. The molecule has 1 heterocycles. The molecule has 0 unspecified atom stereocenters. The molecule has 138 valence electrons. The molecule has 0 radical (unpaired) electrons. The molecule has 2 aromatic carbocycles. The fraction of sp³-hybridized carbons (Fsp3) is 0.182. The van der Waals surface area contributed by atoms with Crippen molar-refractivity contribution >= 4 is 11.6 Å². The van der Waals surface area contributed by atoms with E-state index in [4.69, 9.17) is 9.47 Å². The first kappa shape index (κ1) is 18.5. The van der Waals surface area contributed by atoms with E-state index >= 15 is 0 Å². The number of carbonyl (C=O) groups excluding carboxylic acids is 1. The molecule has 0 saturated carbocycles. The summed E-state index contributed by atoms with van der Waals surface area (Å²) in [7, 11) is 5.03. The van der Waals surface area contributed by atoms with Crippen LogP contribution in [0.5, 0.6) is 11.5 Å². The smallest absolute Gasteiger partial charge is 0.164 e. The van der Waals surface area contributed by atoms with Crippen LogP contribution in [0.2, 0.25) is 0 Å². The number of carbonyl (C=O) groups is 1. The Morgan fingerprint density at radius 2 is 1.41 bits per heavy atom. The molecule has 0 atom stereocenters. The van der Waals surface area contributed by atoms with Crippen LogP contribution < -0.4 is 14.8 Å². The first-order chi connectivity index (χ1) is 13.1. The van der Waals surface area contributed by atoms with Crippen molar-refractivity contribution in [1.82, 2.24) is 4.98 Å². The van der Waals surface area contributed by atoms with Crippen molar-refractivity contribution in [3.8, 4) is 33.9 Å². The van der Waals surface area contributed by atoms with Gasteiger partial charge in [-0.15, -0.1) is 0 Å². The summed E-state index contributed by atoms with van der Waals surface area (Å²) in [4.78, 5) is 17.0. The van der Waals surface area contributed by atoms with Crippen LogP contribution >= 0.6 is 0 Å². The normalized spacial score (nSPS) is 10.4. The number of Topliss-reactive ketones (excluding diaryl/α,β-unsaturated/α-hetero) is 1. The van der Waals surface area contributed by atoms with Crippen molar-refractivity contribution in [2.75, 3.05) is 26.6 Å². The van der Waals surface area contributed by atoms with E-state index in [9.17, 15) is 4.79 Å². The molecule has 5 heteroatoms. The molecule has 3 rings (SSSR count). The van der Waals surface area contributed by atoms with Crippen LogP contribution in [0.25, 0.3) is 22.4 Å². The van der Waals surface area contributed by atoms with Crippen molar-refractivity contribution in [2.45, 2.75) is 6.92 Å². The van der Waals surface area contributed by atoms with Crippen LogP contribution in [0, 0.1) is 0 Å². The van der Waals surface area contributed by atoms with Gasteiger partial charge in [0.15, 0.2) is 5.78 Å². The lowest BCUT2D eigenvalue weighted by Gasteiger charge is -2.15. The Bertz CT molecular complexity index is 949. The predicted molar refractivity (Wildman–Crippen MR) is 108 cm³/mol. The number of rotatable bonds is 6. The van der Waals surface area contributed by atoms with Gasteiger partial charge in [0, 0.05) is 12.6 Å². The van der Waals surface area contributed by atoms with Crippen LogP contribution in [0.3, 0.4) is 0 Å². The third-order valence-electron chi connectivity index (χ3n) is 4.40. The molecular weight excluding hydrogens is 340 g/mol. The second kappa shape index (κ2) is 7.91. The third kappa shape index (κ3) is 3.77. The van der Waals surface area contributed by atoms with E-state index in [0.717, 1.165) is 33.9 Å². The highest BCUT2D eigenvalue weighted by Crippen LogP contribution is 2.34. The average molecular weight is 362 g/mol. The predicted octanol–water partition coefficient (Wildman–Crippen LogP) is 4.68. The molecule has 0 saturated heterocycles. The van der Waals surface area contributed by atoms with Crippen LogP contribution in [0.1, 0.15) is 17.3 Å². The Kier molecular flexibility index (Phi) is 5.41. The van der Waals surface area contributed by atoms with E-state index in [-0.39, 0.29) is 5.78 Å². The average Bonchev–Trinajstić information content (AvgIpc) is 2.72. The summed E-state index contributed by atoms with van der Waals surface area (Å²) in [6, 6.07) is 17.3. The van der Waals surface area contributed by atoms with Crippen molar-refractivity contribution in [3.63, 3.8) is 0 Å². The second-order valence-electron chi connectivity index (χ2n) is 6.04. The number of nitrogens with one attached hydrogen (secondary N) is 1. The van der Waals surface area contributed by atoms with Gasteiger partial charge < -0.3 is 14.8 Å². The van der Waals surface area contributed by atoms with Crippen molar-refractivity contribution < 1.29 is 14.3 Å². The number of hydrogen-bond acceptors (Lipinski definition) is 5. The zero-order chi connectivity index (χ0) is 19.4. The molecule has 27 heavy (non-hydrogen) atoms. The Labute approximate surface area is 159 Å². The zero-order valence-electron chi connectivity index (χ0n) is 15.9. The minimum absolute atomic E-state index is 0.0426. The van der Waals surface area contributed by atoms with Crippen molar-refractivity contribution in [3.05, 3.63) is 60.2 Å². The topological polar surface area (TPSA) is 60.5 Å².